The predicted molar refractivity (Wildman–Crippen MR) is 78.1 cm³/mol. The standard InChI is InChI=1S/C14H17BrClNO/c1-2-11(15)14(18)17-9-5-8-13(17)10-6-3-4-7-12(10)16/h3-4,6-7,11,13H,2,5,8-9H2,1H3. The van der Waals surface area contributed by atoms with Crippen LogP contribution in [0.2, 0.25) is 5.02 Å². The molecule has 1 fully saturated rings. The van der Waals surface area contributed by atoms with E-state index in [2.05, 4.69) is 15.9 Å². The lowest BCUT2D eigenvalue weighted by molar-refractivity contribution is -0.131. The van der Waals surface area contributed by atoms with Crippen molar-refractivity contribution in [3.8, 4) is 0 Å². The lowest BCUT2D eigenvalue weighted by Crippen LogP contribution is -2.36. The molecule has 2 nitrogen and oxygen atoms in total. The molecule has 1 aliphatic rings. The normalized spacial score (nSPS) is 21.1. The van der Waals surface area contributed by atoms with E-state index in [1.165, 1.54) is 0 Å². The molecule has 0 aliphatic carbocycles. The number of nitrogens with zero attached hydrogens (tertiary/aromatic N) is 1. The van der Waals surface area contributed by atoms with Crippen LogP contribution in [0.4, 0.5) is 0 Å². The van der Waals surface area contributed by atoms with Crippen LogP contribution < -0.4 is 0 Å². The van der Waals surface area contributed by atoms with E-state index in [9.17, 15) is 4.79 Å². The van der Waals surface area contributed by atoms with Crippen molar-refractivity contribution in [1.82, 2.24) is 4.90 Å². The highest BCUT2D eigenvalue weighted by atomic mass is 79.9. The molecule has 1 aromatic carbocycles. The van der Waals surface area contributed by atoms with Gasteiger partial charge in [0.1, 0.15) is 0 Å². The number of hydrogen-bond acceptors (Lipinski definition) is 1. The Bertz CT molecular complexity index is 438. The zero-order valence-corrected chi connectivity index (χ0v) is 12.7. The van der Waals surface area contributed by atoms with Crippen LogP contribution in [0, 0.1) is 0 Å². The van der Waals surface area contributed by atoms with Crippen LogP contribution in [0.5, 0.6) is 0 Å². The van der Waals surface area contributed by atoms with Gasteiger partial charge in [-0.25, -0.2) is 0 Å². The molecule has 2 atom stereocenters. The van der Waals surface area contributed by atoms with Gasteiger partial charge >= 0.3 is 0 Å². The highest BCUT2D eigenvalue weighted by molar-refractivity contribution is 9.10. The molecular weight excluding hydrogens is 314 g/mol. The van der Waals surface area contributed by atoms with Crippen LogP contribution >= 0.6 is 27.5 Å². The van der Waals surface area contributed by atoms with Crippen LogP contribution in [0.3, 0.4) is 0 Å². The number of carbonyl (C=O) groups is 1. The number of benzene rings is 1. The van der Waals surface area contributed by atoms with E-state index in [0.29, 0.717) is 0 Å². The molecule has 0 spiro atoms. The van der Waals surface area contributed by atoms with Crippen LogP contribution in [0.25, 0.3) is 0 Å². The van der Waals surface area contributed by atoms with Gasteiger partial charge in [0.05, 0.1) is 10.9 Å². The molecule has 18 heavy (non-hydrogen) atoms. The van der Waals surface area contributed by atoms with E-state index in [1.807, 2.05) is 36.1 Å². The Labute approximate surface area is 121 Å². The molecule has 1 amide bonds. The van der Waals surface area contributed by atoms with Gasteiger partial charge in [-0.05, 0) is 30.9 Å². The first-order valence-corrected chi connectivity index (χ1v) is 7.63. The largest absolute Gasteiger partial charge is 0.335 e. The monoisotopic (exact) mass is 329 g/mol. The lowest BCUT2D eigenvalue weighted by atomic mass is 10.0. The van der Waals surface area contributed by atoms with Gasteiger partial charge in [0.2, 0.25) is 5.91 Å². The predicted octanol–water partition coefficient (Wildman–Crippen LogP) is 4.18. The van der Waals surface area contributed by atoms with E-state index in [-0.39, 0.29) is 16.8 Å². The third kappa shape index (κ3) is 2.72. The van der Waals surface area contributed by atoms with Gasteiger partial charge in [0.15, 0.2) is 0 Å². The van der Waals surface area contributed by atoms with Gasteiger partial charge in [-0.15, -0.1) is 0 Å². The summed E-state index contributed by atoms with van der Waals surface area (Å²) in [6.07, 6.45) is 2.86. The summed E-state index contributed by atoms with van der Waals surface area (Å²) in [6.45, 7) is 2.84. The number of carbonyl (C=O) groups excluding carboxylic acids is 1. The van der Waals surface area contributed by atoms with Crippen molar-refractivity contribution in [3.63, 3.8) is 0 Å². The highest BCUT2D eigenvalue weighted by Crippen LogP contribution is 2.36. The molecule has 4 heteroatoms. The molecule has 2 unspecified atom stereocenters. The molecule has 0 saturated carbocycles. The van der Waals surface area contributed by atoms with Gasteiger partial charge in [-0.1, -0.05) is 52.7 Å². The molecular formula is C14H17BrClNO. The third-order valence-corrected chi connectivity index (χ3v) is 4.81. The molecule has 0 aromatic heterocycles. The minimum absolute atomic E-state index is 0.0828. The molecule has 1 saturated heterocycles. The van der Waals surface area contributed by atoms with Crippen molar-refractivity contribution < 1.29 is 4.79 Å². The summed E-state index contributed by atoms with van der Waals surface area (Å²) in [6, 6.07) is 7.95. The number of rotatable bonds is 3. The Morgan fingerprint density at radius 2 is 2.28 bits per heavy atom. The van der Waals surface area contributed by atoms with Crippen molar-refractivity contribution in [3.05, 3.63) is 34.9 Å². The smallest absolute Gasteiger partial charge is 0.236 e. The first-order chi connectivity index (χ1) is 8.65. The summed E-state index contributed by atoms with van der Waals surface area (Å²) in [4.78, 5) is 14.2. The van der Waals surface area contributed by atoms with Gasteiger partial charge < -0.3 is 4.90 Å². The maximum absolute atomic E-state index is 12.3. The Balaban J connectivity index is 2.23. The SMILES string of the molecule is CCC(Br)C(=O)N1CCCC1c1ccccc1Cl. The average molecular weight is 331 g/mol. The molecule has 0 N–H and O–H groups in total. The maximum Gasteiger partial charge on any atom is 0.236 e. The van der Waals surface area contributed by atoms with Crippen molar-refractivity contribution in [2.24, 2.45) is 0 Å². The fraction of sp³-hybridized carbons (Fsp3) is 0.500. The zero-order valence-electron chi connectivity index (χ0n) is 10.4. The topological polar surface area (TPSA) is 20.3 Å². The quantitative estimate of drug-likeness (QED) is 0.761. The zero-order chi connectivity index (χ0) is 13.1. The summed E-state index contributed by atoms with van der Waals surface area (Å²) in [7, 11) is 0. The summed E-state index contributed by atoms with van der Waals surface area (Å²) in [5.74, 6) is 0.180. The second kappa shape index (κ2) is 6.07. The number of hydrogen-bond donors (Lipinski definition) is 0. The molecule has 1 heterocycles. The van der Waals surface area contributed by atoms with Crippen molar-refractivity contribution >= 4 is 33.4 Å². The van der Waals surface area contributed by atoms with Gasteiger partial charge in [-0.2, -0.15) is 0 Å². The minimum Gasteiger partial charge on any atom is -0.335 e. The molecule has 1 aliphatic heterocycles. The maximum atomic E-state index is 12.3. The second-order valence-electron chi connectivity index (χ2n) is 4.59. The van der Waals surface area contributed by atoms with Crippen LogP contribution in [-0.2, 0) is 4.79 Å². The summed E-state index contributed by atoms with van der Waals surface area (Å²) in [5, 5.41) is 0.754. The number of amides is 1. The average Bonchev–Trinajstić information content (AvgIpc) is 2.86. The summed E-state index contributed by atoms with van der Waals surface area (Å²) < 4.78 is 0. The van der Waals surface area contributed by atoms with E-state index < -0.39 is 0 Å². The molecule has 98 valence electrons. The minimum atomic E-state index is -0.0828. The lowest BCUT2D eigenvalue weighted by Gasteiger charge is -2.27. The Kier molecular flexibility index (Phi) is 4.68. The van der Waals surface area contributed by atoms with Crippen LogP contribution in [0.1, 0.15) is 37.8 Å². The van der Waals surface area contributed by atoms with E-state index >= 15 is 0 Å². The van der Waals surface area contributed by atoms with Crippen molar-refractivity contribution in [1.29, 1.82) is 0 Å². The number of likely N-dealkylation sites (tertiary alicyclic amines) is 1. The first kappa shape index (κ1) is 13.9. The third-order valence-electron chi connectivity index (χ3n) is 3.43. The number of halogens is 2. The summed E-state index contributed by atoms with van der Waals surface area (Å²) >= 11 is 9.68. The Morgan fingerprint density at radius 1 is 1.56 bits per heavy atom. The van der Waals surface area contributed by atoms with Crippen molar-refractivity contribution in [2.45, 2.75) is 37.1 Å². The molecule has 2 rings (SSSR count). The van der Waals surface area contributed by atoms with E-state index in [0.717, 1.165) is 36.4 Å². The highest BCUT2D eigenvalue weighted by Gasteiger charge is 2.33. The molecule has 0 bridgehead atoms. The van der Waals surface area contributed by atoms with Crippen LogP contribution in [0.15, 0.2) is 24.3 Å². The Morgan fingerprint density at radius 3 is 2.94 bits per heavy atom. The van der Waals surface area contributed by atoms with E-state index in [1.54, 1.807) is 0 Å². The van der Waals surface area contributed by atoms with Gasteiger partial charge in [0, 0.05) is 11.6 Å². The fourth-order valence-corrected chi connectivity index (χ4v) is 2.98. The van der Waals surface area contributed by atoms with Crippen molar-refractivity contribution in [2.75, 3.05) is 6.54 Å². The van der Waals surface area contributed by atoms with Gasteiger partial charge in [-0.3, -0.25) is 4.79 Å². The summed E-state index contributed by atoms with van der Waals surface area (Å²) in [5.41, 5.74) is 1.07. The number of alkyl halides is 1. The Hall–Kier alpha value is -0.540. The fourth-order valence-electron chi connectivity index (χ4n) is 2.45. The molecule has 1 aromatic rings. The first-order valence-electron chi connectivity index (χ1n) is 6.34. The van der Waals surface area contributed by atoms with E-state index in [4.69, 9.17) is 11.6 Å². The molecule has 0 radical (unpaired) electrons. The second-order valence-corrected chi connectivity index (χ2v) is 6.10. The van der Waals surface area contributed by atoms with Crippen LogP contribution in [-0.4, -0.2) is 22.2 Å². The van der Waals surface area contributed by atoms with Gasteiger partial charge in [0.25, 0.3) is 0 Å².